The predicted molar refractivity (Wildman–Crippen MR) is 77.8 cm³/mol. The smallest absolute Gasteiger partial charge is 0.122 e. The Labute approximate surface area is 120 Å². The average molecular weight is 287 g/mol. The van der Waals surface area contributed by atoms with Crippen LogP contribution in [-0.2, 0) is 6.42 Å². The van der Waals surface area contributed by atoms with Crippen molar-refractivity contribution >= 4 is 11.6 Å². The van der Waals surface area contributed by atoms with Gasteiger partial charge in [0.25, 0.3) is 0 Å². The molecule has 3 nitrogen and oxygen atoms in total. The average Bonchev–Trinajstić information content (AvgIpc) is 2.40. The fourth-order valence-corrected chi connectivity index (χ4v) is 2.53. The Kier molecular flexibility index (Phi) is 6.63. The highest BCUT2D eigenvalue weighted by molar-refractivity contribution is 6.30. The van der Waals surface area contributed by atoms with Gasteiger partial charge in [-0.3, -0.25) is 0 Å². The summed E-state index contributed by atoms with van der Waals surface area (Å²) in [6.45, 7) is 4.04. The lowest BCUT2D eigenvalue weighted by Gasteiger charge is -2.25. The maximum atomic E-state index is 10.2. The highest BCUT2D eigenvalue weighted by atomic mass is 35.5. The van der Waals surface area contributed by atoms with E-state index >= 15 is 0 Å². The van der Waals surface area contributed by atoms with Gasteiger partial charge < -0.3 is 14.9 Å². The molecule has 108 valence electrons. The highest BCUT2D eigenvalue weighted by Gasteiger charge is 2.24. The molecule has 0 saturated heterocycles. The van der Waals surface area contributed by atoms with Crippen molar-refractivity contribution in [2.24, 2.45) is 5.92 Å². The van der Waals surface area contributed by atoms with Crippen LogP contribution in [0, 0.1) is 5.92 Å². The minimum Gasteiger partial charge on any atom is -0.496 e. The molecular weight excluding hydrogens is 264 g/mol. The summed E-state index contributed by atoms with van der Waals surface area (Å²) >= 11 is 5.95. The largest absolute Gasteiger partial charge is 0.496 e. The lowest BCUT2D eigenvalue weighted by molar-refractivity contribution is -0.0189. The van der Waals surface area contributed by atoms with Crippen LogP contribution in [0.15, 0.2) is 18.2 Å². The van der Waals surface area contributed by atoms with Gasteiger partial charge in [-0.05, 0) is 29.7 Å². The van der Waals surface area contributed by atoms with Crippen molar-refractivity contribution in [2.45, 2.75) is 45.3 Å². The summed E-state index contributed by atoms with van der Waals surface area (Å²) < 4.78 is 5.24. The van der Waals surface area contributed by atoms with Gasteiger partial charge in [-0.25, -0.2) is 0 Å². The number of rotatable bonds is 7. The molecule has 19 heavy (non-hydrogen) atoms. The molecule has 0 saturated carbocycles. The Morgan fingerprint density at radius 3 is 2.37 bits per heavy atom. The summed E-state index contributed by atoms with van der Waals surface area (Å²) in [6.07, 6.45) is 0.500. The van der Waals surface area contributed by atoms with Crippen LogP contribution < -0.4 is 4.74 Å². The number of benzene rings is 1. The van der Waals surface area contributed by atoms with Crippen molar-refractivity contribution in [2.75, 3.05) is 7.11 Å². The van der Waals surface area contributed by atoms with Crippen molar-refractivity contribution in [3.05, 3.63) is 28.8 Å². The lowest BCUT2D eigenvalue weighted by atomic mass is 9.90. The molecule has 2 unspecified atom stereocenters. The van der Waals surface area contributed by atoms with E-state index in [9.17, 15) is 10.2 Å². The summed E-state index contributed by atoms with van der Waals surface area (Å²) in [5.41, 5.74) is 0.813. The number of methoxy groups -OCH3 is 1. The normalized spacial score (nSPS) is 14.5. The molecule has 0 fully saturated rings. The van der Waals surface area contributed by atoms with Crippen LogP contribution in [-0.4, -0.2) is 29.5 Å². The fourth-order valence-electron chi connectivity index (χ4n) is 2.34. The van der Waals surface area contributed by atoms with Crippen molar-refractivity contribution in [3.8, 4) is 5.75 Å². The van der Waals surface area contributed by atoms with Gasteiger partial charge in [-0.1, -0.05) is 38.3 Å². The molecule has 0 radical (unpaired) electrons. The zero-order chi connectivity index (χ0) is 14.4. The topological polar surface area (TPSA) is 49.7 Å². The summed E-state index contributed by atoms with van der Waals surface area (Å²) in [5, 5.41) is 20.9. The van der Waals surface area contributed by atoms with Gasteiger partial charge in [0.1, 0.15) is 5.75 Å². The van der Waals surface area contributed by atoms with Crippen molar-refractivity contribution in [3.63, 3.8) is 0 Å². The first-order chi connectivity index (χ1) is 9.03. The van der Waals surface area contributed by atoms with E-state index in [1.807, 2.05) is 13.8 Å². The first-order valence-corrected chi connectivity index (χ1v) is 7.09. The fraction of sp³-hybridized carbons (Fsp3) is 0.600. The molecule has 1 aromatic carbocycles. The zero-order valence-corrected chi connectivity index (χ0v) is 12.5. The predicted octanol–water partition coefficient (Wildman–Crippen LogP) is 3.05. The van der Waals surface area contributed by atoms with Crippen molar-refractivity contribution < 1.29 is 14.9 Å². The number of aliphatic hydroxyl groups is 2. The molecule has 0 aromatic heterocycles. The minimum absolute atomic E-state index is 0.111. The SMILES string of the molecule is CCC(CC)C(O)C(O)Cc1cc(Cl)ccc1OC. The molecule has 2 N–H and O–H groups in total. The van der Waals surface area contributed by atoms with Crippen LogP contribution in [0.5, 0.6) is 5.75 Å². The Bertz CT molecular complexity index is 391. The standard InChI is InChI=1S/C15H23ClO3/c1-4-10(5-2)15(18)13(17)9-11-8-12(16)6-7-14(11)19-3/h6-8,10,13,15,17-18H,4-5,9H2,1-3H3. The van der Waals surface area contributed by atoms with Crippen molar-refractivity contribution in [1.29, 1.82) is 0 Å². The molecule has 0 aliphatic carbocycles. The molecule has 1 rings (SSSR count). The van der Waals surface area contributed by atoms with Gasteiger partial charge in [0.05, 0.1) is 19.3 Å². The van der Waals surface area contributed by atoms with Crippen LogP contribution in [0.1, 0.15) is 32.3 Å². The molecule has 4 heteroatoms. The third kappa shape index (κ3) is 4.37. The number of halogens is 1. The van der Waals surface area contributed by atoms with Gasteiger partial charge in [0.15, 0.2) is 0 Å². The second-order valence-corrected chi connectivity index (χ2v) is 5.23. The van der Waals surface area contributed by atoms with Crippen molar-refractivity contribution in [1.82, 2.24) is 0 Å². The van der Waals surface area contributed by atoms with Gasteiger partial charge in [0.2, 0.25) is 0 Å². The van der Waals surface area contributed by atoms with E-state index in [2.05, 4.69) is 0 Å². The number of aliphatic hydroxyl groups excluding tert-OH is 2. The third-order valence-electron chi connectivity index (χ3n) is 3.60. The Balaban J connectivity index is 2.81. The molecule has 0 bridgehead atoms. The maximum Gasteiger partial charge on any atom is 0.122 e. The molecule has 0 heterocycles. The molecule has 2 atom stereocenters. The van der Waals surface area contributed by atoms with E-state index in [0.717, 1.165) is 18.4 Å². The van der Waals surface area contributed by atoms with E-state index in [0.29, 0.717) is 17.2 Å². The van der Waals surface area contributed by atoms with Gasteiger partial charge >= 0.3 is 0 Å². The summed E-state index contributed by atoms with van der Waals surface area (Å²) in [7, 11) is 1.58. The zero-order valence-electron chi connectivity index (χ0n) is 11.8. The first-order valence-electron chi connectivity index (χ1n) is 6.71. The number of hydrogen-bond donors (Lipinski definition) is 2. The molecule has 0 aliphatic rings. The van der Waals surface area contributed by atoms with Crippen LogP contribution >= 0.6 is 11.6 Å². The van der Waals surface area contributed by atoms with Crippen LogP contribution in [0.2, 0.25) is 5.02 Å². The third-order valence-corrected chi connectivity index (χ3v) is 3.83. The Hall–Kier alpha value is -0.770. The number of hydrogen-bond acceptors (Lipinski definition) is 3. The van der Waals surface area contributed by atoms with E-state index in [-0.39, 0.29) is 5.92 Å². The maximum absolute atomic E-state index is 10.2. The Morgan fingerprint density at radius 1 is 1.21 bits per heavy atom. The van der Waals surface area contributed by atoms with Crippen LogP contribution in [0.25, 0.3) is 0 Å². The van der Waals surface area contributed by atoms with Crippen LogP contribution in [0.4, 0.5) is 0 Å². The van der Waals surface area contributed by atoms with E-state index in [4.69, 9.17) is 16.3 Å². The Morgan fingerprint density at radius 2 is 1.84 bits per heavy atom. The summed E-state index contributed by atoms with van der Waals surface area (Å²) in [5.74, 6) is 0.792. The van der Waals surface area contributed by atoms with E-state index in [1.165, 1.54) is 0 Å². The molecule has 0 amide bonds. The quantitative estimate of drug-likeness (QED) is 0.810. The van der Waals surface area contributed by atoms with E-state index < -0.39 is 12.2 Å². The van der Waals surface area contributed by atoms with Gasteiger partial charge in [-0.15, -0.1) is 0 Å². The van der Waals surface area contributed by atoms with Crippen LogP contribution in [0.3, 0.4) is 0 Å². The molecular formula is C15H23ClO3. The van der Waals surface area contributed by atoms with E-state index in [1.54, 1.807) is 25.3 Å². The highest BCUT2D eigenvalue weighted by Crippen LogP contribution is 2.26. The molecule has 0 spiro atoms. The van der Waals surface area contributed by atoms with Gasteiger partial charge in [0, 0.05) is 11.4 Å². The second kappa shape index (κ2) is 7.73. The number of ether oxygens (including phenoxy) is 1. The molecule has 0 aliphatic heterocycles. The second-order valence-electron chi connectivity index (χ2n) is 4.79. The minimum atomic E-state index is -0.808. The summed E-state index contributed by atoms with van der Waals surface area (Å²) in [6, 6.07) is 5.28. The lowest BCUT2D eigenvalue weighted by Crippen LogP contribution is -2.34. The summed E-state index contributed by atoms with van der Waals surface area (Å²) in [4.78, 5) is 0. The van der Waals surface area contributed by atoms with Gasteiger partial charge in [-0.2, -0.15) is 0 Å². The first kappa shape index (κ1) is 16.3. The molecule has 1 aromatic rings. The monoisotopic (exact) mass is 286 g/mol.